The van der Waals surface area contributed by atoms with E-state index in [1.807, 2.05) is 16.8 Å². The van der Waals surface area contributed by atoms with Gasteiger partial charge in [-0.25, -0.2) is 4.98 Å². The van der Waals surface area contributed by atoms with Crippen molar-refractivity contribution >= 4 is 23.2 Å². The van der Waals surface area contributed by atoms with Crippen molar-refractivity contribution in [1.29, 1.82) is 0 Å². The van der Waals surface area contributed by atoms with Gasteiger partial charge in [0.1, 0.15) is 12.4 Å². The van der Waals surface area contributed by atoms with Crippen molar-refractivity contribution in [2.75, 3.05) is 5.32 Å². The number of halogens is 1. The van der Waals surface area contributed by atoms with Crippen molar-refractivity contribution in [1.82, 2.24) is 9.55 Å². The van der Waals surface area contributed by atoms with E-state index in [0.29, 0.717) is 10.7 Å². The second-order valence-electron chi connectivity index (χ2n) is 4.28. The van der Waals surface area contributed by atoms with Crippen molar-refractivity contribution < 1.29 is 4.79 Å². The minimum absolute atomic E-state index is 0.0855. The quantitative estimate of drug-likeness (QED) is 0.913. The van der Waals surface area contributed by atoms with Gasteiger partial charge >= 0.3 is 0 Å². The van der Waals surface area contributed by atoms with Crippen LogP contribution in [-0.4, -0.2) is 15.5 Å². The Balaban J connectivity index is 1.99. The van der Waals surface area contributed by atoms with Crippen LogP contribution in [0.2, 0.25) is 5.02 Å². The maximum absolute atomic E-state index is 11.9. The van der Waals surface area contributed by atoms with E-state index in [1.165, 1.54) is 0 Å². The van der Waals surface area contributed by atoms with Gasteiger partial charge in [-0.1, -0.05) is 24.6 Å². The Labute approximate surface area is 117 Å². The van der Waals surface area contributed by atoms with E-state index in [9.17, 15) is 4.79 Å². The molecule has 0 saturated carbocycles. The first-order chi connectivity index (χ1) is 9.19. The lowest BCUT2D eigenvalue weighted by Crippen LogP contribution is -2.19. The smallest absolute Gasteiger partial charge is 0.244 e. The van der Waals surface area contributed by atoms with Gasteiger partial charge in [0.05, 0.1) is 0 Å². The molecule has 0 atom stereocenters. The lowest BCUT2D eigenvalue weighted by Gasteiger charge is -2.08. The molecule has 0 bridgehead atoms. The molecule has 0 aliphatic rings. The summed E-state index contributed by atoms with van der Waals surface area (Å²) in [6.07, 6.45) is 5.42. The van der Waals surface area contributed by atoms with Gasteiger partial charge in [-0.15, -0.1) is 0 Å². The van der Waals surface area contributed by atoms with Crippen molar-refractivity contribution in [3.63, 3.8) is 0 Å². The molecule has 0 unspecified atom stereocenters. The first kappa shape index (κ1) is 13.6. The summed E-state index contributed by atoms with van der Waals surface area (Å²) in [5.41, 5.74) is 0.703. The SMILES string of the molecule is CCCc1nccn1CC(=O)Nc1cccc(Cl)c1. The number of aryl methyl sites for hydroxylation is 1. The molecule has 2 rings (SSSR count). The Morgan fingerprint density at radius 1 is 1.47 bits per heavy atom. The third-order valence-electron chi connectivity index (χ3n) is 2.70. The topological polar surface area (TPSA) is 46.9 Å². The van der Waals surface area contributed by atoms with E-state index in [2.05, 4.69) is 17.2 Å². The van der Waals surface area contributed by atoms with Crippen LogP contribution in [0.3, 0.4) is 0 Å². The van der Waals surface area contributed by atoms with E-state index in [1.54, 1.807) is 24.4 Å². The minimum atomic E-state index is -0.0855. The number of anilines is 1. The van der Waals surface area contributed by atoms with Gasteiger partial charge in [-0.2, -0.15) is 0 Å². The maximum atomic E-state index is 11.9. The number of rotatable bonds is 5. The summed E-state index contributed by atoms with van der Waals surface area (Å²) in [7, 11) is 0. The molecule has 19 heavy (non-hydrogen) atoms. The normalized spacial score (nSPS) is 10.4. The number of nitrogens with zero attached hydrogens (tertiary/aromatic N) is 2. The highest BCUT2D eigenvalue weighted by molar-refractivity contribution is 6.30. The van der Waals surface area contributed by atoms with Gasteiger partial charge in [-0.3, -0.25) is 4.79 Å². The molecule has 1 N–H and O–H groups in total. The average molecular weight is 278 g/mol. The molecule has 1 aromatic heterocycles. The zero-order chi connectivity index (χ0) is 13.7. The van der Waals surface area contributed by atoms with Gasteiger partial charge in [0.2, 0.25) is 5.91 Å². The van der Waals surface area contributed by atoms with Crippen LogP contribution in [0.1, 0.15) is 19.2 Å². The number of carbonyl (C=O) groups excluding carboxylic acids is 1. The van der Waals surface area contributed by atoms with Crippen LogP contribution in [0.4, 0.5) is 5.69 Å². The highest BCUT2D eigenvalue weighted by Gasteiger charge is 2.07. The Hall–Kier alpha value is -1.81. The highest BCUT2D eigenvalue weighted by Crippen LogP contribution is 2.15. The van der Waals surface area contributed by atoms with E-state index < -0.39 is 0 Å². The molecule has 0 aliphatic heterocycles. The summed E-state index contributed by atoms with van der Waals surface area (Å²) in [4.78, 5) is 16.2. The number of carbonyl (C=O) groups is 1. The van der Waals surface area contributed by atoms with Gasteiger partial charge < -0.3 is 9.88 Å². The molecule has 0 spiro atoms. The van der Waals surface area contributed by atoms with E-state index in [0.717, 1.165) is 18.7 Å². The van der Waals surface area contributed by atoms with Crippen molar-refractivity contribution in [2.24, 2.45) is 0 Å². The molecule has 0 radical (unpaired) electrons. The molecular weight excluding hydrogens is 262 g/mol. The fourth-order valence-electron chi connectivity index (χ4n) is 1.86. The summed E-state index contributed by atoms with van der Waals surface area (Å²) in [6.45, 7) is 2.35. The third-order valence-corrected chi connectivity index (χ3v) is 2.93. The number of imidazole rings is 1. The van der Waals surface area contributed by atoms with Crippen LogP contribution in [0.15, 0.2) is 36.7 Å². The van der Waals surface area contributed by atoms with E-state index >= 15 is 0 Å². The molecule has 4 nitrogen and oxygen atoms in total. The lowest BCUT2D eigenvalue weighted by molar-refractivity contribution is -0.116. The zero-order valence-electron chi connectivity index (χ0n) is 10.8. The Morgan fingerprint density at radius 2 is 2.32 bits per heavy atom. The Bertz CT molecular complexity index is 565. The number of hydrogen-bond acceptors (Lipinski definition) is 2. The fourth-order valence-corrected chi connectivity index (χ4v) is 2.05. The van der Waals surface area contributed by atoms with Crippen LogP contribution in [0.5, 0.6) is 0 Å². The number of benzene rings is 1. The second kappa shape index (κ2) is 6.38. The maximum Gasteiger partial charge on any atom is 0.244 e. The number of hydrogen-bond donors (Lipinski definition) is 1. The summed E-state index contributed by atoms with van der Waals surface area (Å²) < 4.78 is 1.86. The second-order valence-corrected chi connectivity index (χ2v) is 4.72. The Morgan fingerprint density at radius 3 is 3.05 bits per heavy atom. The molecule has 0 aliphatic carbocycles. The fraction of sp³-hybridized carbons (Fsp3) is 0.286. The number of aromatic nitrogens is 2. The summed E-state index contributed by atoms with van der Waals surface area (Å²) in [5, 5.41) is 3.42. The largest absolute Gasteiger partial charge is 0.326 e. The van der Waals surface area contributed by atoms with Gasteiger partial charge in [0, 0.05) is 29.5 Å². The zero-order valence-corrected chi connectivity index (χ0v) is 11.5. The summed E-state index contributed by atoms with van der Waals surface area (Å²) in [6, 6.07) is 7.11. The molecule has 0 saturated heterocycles. The first-order valence-electron chi connectivity index (χ1n) is 6.24. The molecule has 1 aromatic carbocycles. The molecule has 1 amide bonds. The van der Waals surface area contributed by atoms with Gasteiger partial charge in [0.15, 0.2) is 0 Å². The van der Waals surface area contributed by atoms with E-state index in [-0.39, 0.29) is 12.5 Å². The van der Waals surface area contributed by atoms with Crippen molar-refractivity contribution in [3.8, 4) is 0 Å². The molecular formula is C14H16ClN3O. The summed E-state index contributed by atoms with van der Waals surface area (Å²) >= 11 is 5.87. The van der Waals surface area contributed by atoms with Gasteiger partial charge in [0.25, 0.3) is 0 Å². The van der Waals surface area contributed by atoms with Crippen LogP contribution < -0.4 is 5.32 Å². The van der Waals surface area contributed by atoms with Crippen LogP contribution >= 0.6 is 11.6 Å². The molecule has 100 valence electrons. The minimum Gasteiger partial charge on any atom is -0.326 e. The first-order valence-corrected chi connectivity index (χ1v) is 6.62. The standard InChI is InChI=1S/C14H16ClN3O/c1-2-4-13-16-7-8-18(13)10-14(19)17-12-6-3-5-11(15)9-12/h3,5-9H,2,4,10H2,1H3,(H,17,19). The summed E-state index contributed by atoms with van der Waals surface area (Å²) in [5.74, 6) is 0.848. The number of nitrogens with one attached hydrogen (secondary N) is 1. The van der Waals surface area contributed by atoms with Crippen LogP contribution in [0.25, 0.3) is 0 Å². The third kappa shape index (κ3) is 3.83. The van der Waals surface area contributed by atoms with Crippen molar-refractivity contribution in [2.45, 2.75) is 26.3 Å². The van der Waals surface area contributed by atoms with E-state index in [4.69, 9.17) is 11.6 Å². The predicted molar refractivity (Wildman–Crippen MR) is 76.3 cm³/mol. The predicted octanol–water partition coefficient (Wildman–Crippen LogP) is 3.13. The average Bonchev–Trinajstić information content (AvgIpc) is 2.77. The molecule has 2 aromatic rings. The van der Waals surface area contributed by atoms with Crippen LogP contribution in [-0.2, 0) is 17.8 Å². The lowest BCUT2D eigenvalue weighted by atomic mass is 10.3. The Kier molecular flexibility index (Phi) is 4.58. The van der Waals surface area contributed by atoms with Gasteiger partial charge in [-0.05, 0) is 24.6 Å². The molecule has 1 heterocycles. The van der Waals surface area contributed by atoms with Crippen molar-refractivity contribution in [3.05, 3.63) is 47.5 Å². The highest BCUT2D eigenvalue weighted by atomic mass is 35.5. The molecule has 5 heteroatoms. The molecule has 0 fully saturated rings. The monoisotopic (exact) mass is 277 g/mol. The van der Waals surface area contributed by atoms with Crippen LogP contribution in [0, 0.1) is 0 Å². The number of amides is 1.